The van der Waals surface area contributed by atoms with Crippen molar-refractivity contribution < 1.29 is 19.1 Å². The third-order valence-corrected chi connectivity index (χ3v) is 3.94. The third-order valence-electron chi connectivity index (χ3n) is 2.34. The fourth-order valence-electron chi connectivity index (χ4n) is 1.56. The summed E-state index contributed by atoms with van der Waals surface area (Å²) in [6.45, 7) is -0.286. The molecule has 2 rings (SSSR count). The van der Waals surface area contributed by atoms with Crippen molar-refractivity contribution in [1.82, 2.24) is 0 Å². The van der Waals surface area contributed by atoms with Gasteiger partial charge in [0.05, 0.1) is 7.11 Å². The normalized spacial score (nSPS) is 10.4. The van der Waals surface area contributed by atoms with Crippen LogP contribution in [0.3, 0.4) is 0 Å². The van der Waals surface area contributed by atoms with Crippen LogP contribution < -0.4 is 10.5 Å². The summed E-state index contributed by atoms with van der Waals surface area (Å²) in [6, 6.07) is 5.50. The summed E-state index contributed by atoms with van der Waals surface area (Å²) in [5.74, 6) is -0.776. The van der Waals surface area contributed by atoms with Crippen LogP contribution in [-0.4, -0.2) is 25.6 Å². The highest BCUT2D eigenvalue weighted by Crippen LogP contribution is 2.39. The molecule has 0 atom stereocenters. The van der Waals surface area contributed by atoms with Crippen molar-refractivity contribution in [2.75, 3.05) is 13.7 Å². The first-order valence-corrected chi connectivity index (χ1v) is 6.85. The molecule has 5 nitrogen and oxygen atoms in total. The Bertz CT molecular complexity index is 652. The molecule has 0 fully saturated rings. The molecule has 0 aliphatic heterocycles. The van der Waals surface area contributed by atoms with E-state index in [1.54, 1.807) is 6.07 Å². The van der Waals surface area contributed by atoms with Gasteiger partial charge in [-0.25, -0.2) is 4.79 Å². The number of fused-ring (bicyclic) bond motifs is 1. The van der Waals surface area contributed by atoms with E-state index in [-0.39, 0.29) is 6.61 Å². The number of halogens is 1. The third kappa shape index (κ3) is 2.87. The number of hydrogen-bond donors (Lipinski definition) is 1. The number of hydrogen-bond acceptors (Lipinski definition) is 5. The second-order valence-electron chi connectivity index (χ2n) is 3.65. The lowest BCUT2D eigenvalue weighted by molar-refractivity contribution is -0.119. The molecule has 0 aliphatic rings. The number of benzene rings is 1. The van der Waals surface area contributed by atoms with Crippen LogP contribution in [-0.2, 0) is 9.53 Å². The van der Waals surface area contributed by atoms with Gasteiger partial charge in [0.2, 0.25) is 0 Å². The fourth-order valence-corrected chi connectivity index (χ4v) is 3.18. The first-order valence-electron chi connectivity index (χ1n) is 5.24. The standard InChI is InChI=1S/C12H10BrNO4S/c1-17-12(16)11-10(18-5-9(14)15)7-3-2-6(13)4-8(7)19-11/h2-4H,5H2,1H3,(H2,14,15). The van der Waals surface area contributed by atoms with Crippen molar-refractivity contribution in [3.63, 3.8) is 0 Å². The van der Waals surface area contributed by atoms with Gasteiger partial charge >= 0.3 is 5.97 Å². The van der Waals surface area contributed by atoms with Crippen LogP contribution in [0, 0.1) is 0 Å². The molecule has 100 valence electrons. The van der Waals surface area contributed by atoms with E-state index in [4.69, 9.17) is 15.2 Å². The molecule has 0 unspecified atom stereocenters. The highest BCUT2D eigenvalue weighted by Gasteiger charge is 2.21. The van der Waals surface area contributed by atoms with Gasteiger partial charge in [0, 0.05) is 14.6 Å². The molecule has 2 aromatic rings. The lowest BCUT2D eigenvalue weighted by Crippen LogP contribution is -2.20. The summed E-state index contributed by atoms with van der Waals surface area (Å²) in [7, 11) is 1.29. The van der Waals surface area contributed by atoms with Gasteiger partial charge in [0.15, 0.2) is 17.2 Å². The van der Waals surface area contributed by atoms with E-state index in [0.29, 0.717) is 10.6 Å². The number of amides is 1. The highest BCUT2D eigenvalue weighted by molar-refractivity contribution is 9.10. The summed E-state index contributed by atoms with van der Waals surface area (Å²) in [6.07, 6.45) is 0. The molecular weight excluding hydrogens is 334 g/mol. The average Bonchev–Trinajstić information content (AvgIpc) is 2.72. The minimum atomic E-state index is -0.604. The number of carbonyl (C=O) groups is 2. The lowest BCUT2D eigenvalue weighted by atomic mass is 10.2. The summed E-state index contributed by atoms with van der Waals surface area (Å²) in [4.78, 5) is 22.8. The molecule has 1 aromatic heterocycles. The molecule has 1 amide bonds. The Morgan fingerprint density at radius 2 is 2.16 bits per heavy atom. The van der Waals surface area contributed by atoms with Crippen molar-refractivity contribution in [2.45, 2.75) is 0 Å². The van der Waals surface area contributed by atoms with Crippen molar-refractivity contribution in [2.24, 2.45) is 5.73 Å². The van der Waals surface area contributed by atoms with Crippen LogP contribution in [0.1, 0.15) is 9.67 Å². The lowest BCUT2D eigenvalue weighted by Gasteiger charge is -2.04. The first kappa shape index (κ1) is 13.8. The van der Waals surface area contributed by atoms with E-state index in [9.17, 15) is 9.59 Å². The van der Waals surface area contributed by atoms with E-state index in [2.05, 4.69) is 15.9 Å². The van der Waals surface area contributed by atoms with Gasteiger partial charge in [-0.2, -0.15) is 0 Å². The molecule has 0 saturated carbocycles. The number of methoxy groups -OCH3 is 1. The second-order valence-corrected chi connectivity index (χ2v) is 5.62. The van der Waals surface area contributed by atoms with Gasteiger partial charge in [-0.15, -0.1) is 11.3 Å². The highest BCUT2D eigenvalue weighted by atomic mass is 79.9. The van der Waals surface area contributed by atoms with E-state index in [1.165, 1.54) is 18.4 Å². The van der Waals surface area contributed by atoms with Gasteiger partial charge < -0.3 is 15.2 Å². The number of thiophene rings is 1. The van der Waals surface area contributed by atoms with Crippen LogP contribution in [0.2, 0.25) is 0 Å². The number of ether oxygens (including phenoxy) is 2. The maximum Gasteiger partial charge on any atom is 0.351 e. The Labute approximate surface area is 121 Å². The van der Waals surface area contributed by atoms with Crippen LogP contribution in [0.4, 0.5) is 0 Å². The predicted octanol–water partition coefficient (Wildman–Crippen LogP) is 2.31. The minimum Gasteiger partial charge on any atom is -0.481 e. The SMILES string of the molecule is COC(=O)c1sc2cc(Br)ccc2c1OCC(N)=O. The quantitative estimate of drug-likeness (QED) is 0.864. The van der Waals surface area contributed by atoms with E-state index in [1.807, 2.05) is 12.1 Å². The van der Waals surface area contributed by atoms with Crippen molar-refractivity contribution in [3.05, 3.63) is 27.5 Å². The number of rotatable bonds is 4. The van der Waals surface area contributed by atoms with Crippen molar-refractivity contribution in [1.29, 1.82) is 0 Å². The van der Waals surface area contributed by atoms with Gasteiger partial charge in [0.1, 0.15) is 0 Å². The molecule has 0 bridgehead atoms. The summed E-state index contributed by atoms with van der Waals surface area (Å²) in [5.41, 5.74) is 5.05. The summed E-state index contributed by atoms with van der Waals surface area (Å²) in [5, 5.41) is 0.745. The molecule has 0 spiro atoms. The molecule has 1 aromatic carbocycles. The maximum atomic E-state index is 11.7. The Balaban J connectivity index is 2.54. The van der Waals surface area contributed by atoms with E-state index < -0.39 is 11.9 Å². The van der Waals surface area contributed by atoms with Gasteiger partial charge in [0.25, 0.3) is 5.91 Å². The predicted molar refractivity (Wildman–Crippen MR) is 75.6 cm³/mol. The molecule has 1 heterocycles. The van der Waals surface area contributed by atoms with Crippen LogP contribution in [0.15, 0.2) is 22.7 Å². The molecule has 0 saturated heterocycles. The monoisotopic (exact) mass is 343 g/mol. The van der Waals surface area contributed by atoms with Crippen LogP contribution in [0.5, 0.6) is 5.75 Å². The molecule has 7 heteroatoms. The molecule has 0 aliphatic carbocycles. The Hall–Kier alpha value is -1.60. The van der Waals surface area contributed by atoms with Gasteiger partial charge in [-0.3, -0.25) is 4.79 Å². The Morgan fingerprint density at radius 1 is 1.42 bits per heavy atom. The van der Waals surface area contributed by atoms with Gasteiger partial charge in [-0.1, -0.05) is 15.9 Å². The van der Waals surface area contributed by atoms with Crippen molar-refractivity contribution in [3.8, 4) is 5.75 Å². The van der Waals surface area contributed by atoms with Crippen molar-refractivity contribution >= 4 is 49.2 Å². The number of carbonyl (C=O) groups excluding carboxylic acids is 2. The van der Waals surface area contributed by atoms with Crippen LogP contribution >= 0.6 is 27.3 Å². The number of esters is 1. The zero-order valence-corrected chi connectivity index (χ0v) is 12.3. The topological polar surface area (TPSA) is 78.6 Å². The molecule has 0 radical (unpaired) electrons. The zero-order valence-electron chi connectivity index (χ0n) is 9.94. The smallest absolute Gasteiger partial charge is 0.351 e. The minimum absolute atomic E-state index is 0.286. The first-order chi connectivity index (χ1) is 9.02. The second kappa shape index (κ2) is 5.58. The fraction of sp³-hybridized carbons (Fsp3) is 0.167. The molecule has 19 heavy (non-hydrogen) atoms. The van der Waals surface area contributed by atoms with E-state index >= 15 is 0 Å². The maximum absolute atomic E-state index is 11.7. The Kier molecular flexibility index (Phi) is 4.06. The van der Waals surface area contributed by atoms with Crippen LogP contribution in [0.25, 0.3) is 10.1 Å². The molecule has 2 N–H and O–H groups in total. The largest absolute Gasteiger partial charge is 0.481 e. The van der Waals surface area contributed by atoms with E-state index in [0.717, 1.165) is 14.6 Å². The number of nitrogens with two attached hydrogens (primary N) is 1. The summed E-state index contributed by atoms with van der Waals surface area (Å²) >= 11 is 4.60. The summed E-state index contributed by atoms with van der Waals surface area (Å²) < 4.78 is 11.8. The Morgan fingerprint density at radius 3 is 2.79 bits per heavy atom. The number of primary amides is 1. The molecular formula is C12H10BrNO4S. The average molecular weight is 344 g/mol. The van der Waals surface area contributed by atoms with Gasteiger partial charge in [-0.05, 0) is 18.2 Å². The zero-order chi connectivity index (χ0) is 14.0.